The fraction of sp³-hybridized carbons (Fsp3) is 0.300. The van der Waals surface area contributed by atoms with Gasteiger partial charge in [-0.2, -0.15) is 0 Å². The Morgan fingerprint density at radius 2 is 1.92 bits per heavy atom. The van der Waals surface area contributed by atoms with Crippen LogP contribution in [0.5, 0.6) is 0 Å². The van der Waals surface area contributed by atoms with E-state index in [1.54, 1.807) is 22.9 Å². The van der Waals surface area contributed by atoms with E-state index in [0.717, 1.165) is 11.1 Å². The minimum absolute atomic E-state index is 0.00855. The molecule has 0 saturated carbocycles. The predicted molar refractivity (Wildman–Crippen MR) is 99.5 cm³/mol. The highest BCUT2D eigenvalue weighted by Gasteiger charge is 2.35. The summed E-state index contributed by atoms with van der Waals surface area (Å²) in [6, 6.07) is 16.4. The van der Waals surface area contributed by atoms with Gasteiger partial charge in [0.2, 0.25) is 11.8 Å². The first-order valence-corrected chi connectivity index (χ1v) is 8.83. The summed E-state index contributed by atoms with van der Waals surface area (Å²) in [7, 11) is 1.73. The Labute approximate surface area is 158 Å². The minimum atomic E-state index is -0.624. The van der Waals surface area contributed by atoms with Crippen LogP contribution in [-0.2, 0) is 27.4 Å². The first kappa shape index (κ1) is 18.4. The molecule has 136 valence electrons. The highest BCUT2D eigenvalue weighted by atomic mass is 35.5. The van der Waals surface area contributed by atoms with E-state index in [1.165, 1.54) is 0 Å². The molecule has 1 saturated heterocycles. The normalized spacial score (nSPS) is 17.2. The van der Waals surface area contributed by atoms with Crippen molar-refractivity contribution < 1.29 is 14.3 Å². The van der Waals surface area contributed by atoms with Gasteiger partial charge in [0.05, 0.1) is 6.61 Å². The lowest BCUT2D eigenvalue weighted by molar-refractivity contribution is -0.159. The number of benzene rings is 2. The predicted octanol–water partition coefficient (Wildman–Crippen LogP) is 2.73. The maximum Gasteiger partial charge on any atom is 0.249 e. The summed E-state index contributed by atoms with van der Waals surface area (Å²) in [5.41, 5.74) is 1.92. The number of hydrogen-bond acceptors (Lipinski definition) is 3. The van der Waals surface area contributed by atoms with Crippen molar-refractivity contribution in [3.8, 4) is 0 Å². The first-order valence-electron chi connectivity index (χ1n) is 8.45. The molecule has 6 heteroatoms. The standard InChI is InChI=1S/C20H21ClN2O3/c1-22(11-16-8-5-9-17(21)10-16)20(25)18-13-26-14-19(24)23(18)12-15-6-3-2-4-7-15/h2-10,18H,11-14H2,1H3/t18-/m1/s1. The van der Waals surface area contributed by atoms with Gasteiger partial charge in [0.25, 0.3) is 0 Å². The topological polar surface area (TPSA) is 49.9 Å². The lowest BCUT2D eigenvalue weighted by Crippen LogP contribution is -2.56. The molecular weight excluding hydrogens is 352 g/mol. The maximum absolute atomic E-state index is 13.0. The number of hydrogen-bond donors (Lipinski definition) is 0. The summed E-state index contributed by atoms with van der Waals surface area (Å²) in [5.74, 6) is -0.316. The molecule has 2 amide bonds. The number of carbonyl (C=O) groups excluding carboxylic acids is 2. The average Bonchev–Trinajstić information content (AvgIpc) is 2.63. The summed E-state index contributed by atoms with van der Waals surface area (Å²) in [5, 5.41) is 0.630. The summed E-state index contributed by atoms with van der Waals surface area (Å²) in [6.45, 7) is 1.03. The van der Waals surface area contributed by atoms with Crippen LogP contribution in [0.25, 0.3) is 0 Å². The smallest absolute Gasteiger partial charge is 0.249 e. The molecule has 0 aromatic heterocycles. The third-order valence-corrected chi connectivity index (χ3v) is 4.60. The van der Waals surface area contributed by atoms with Crippen LogP contribution >= 0.6 is 11.6 Å². The Morgan fingerprint density at radius 3 is 2.65 bits per heavy atom. The van der Waals surface area contributed by atoms with Crippen molar-refractivity contribution in [2.75, 3.05) is 20.3 Å². The van der Waals surface area contributed by atoms with Crippen molar-refractivity contribution in [3.05, 3.63) is 70.7 Å². The molecule has 1 atom stereocenters. The molecule has 3 rings (SSSR count). The van der Waals surface area contributed by atoms with Gasteiger partial charge in [-0.05, 0) is 23.3 Å². The van der Waals surface area contributed by atoms with Crippen molar-refractivity contribution in [1.29, 1.82) is 0 Å². The molecule has 1 fully saturated rings. The number of ether oxygens (including phenoxy) is 1. The van der Waals surface area contributed by atoms with E-state index in [1.807, 2.05) is 48.5 Å². The molecule has 1 heterocycles. The van der Waals surface area contributed by atoms with Gasteiger partial charge in [-0.1, -0.05) is 54.1 Å². The van der Waals surface area contributed by atoms with Crippen LogP contribution in [0.1, 0.15) is 11.1 Å². The molecule has 0 radical (unpaired) electrons. The molecule has 0 aliphatic carbocycles. The third-order valence-electron chi connectivity index (χ3n) is 4.36. The molecule has 26 heavy (non-hydrogen) atoms. The number of amides is 2. The average molecular weight is 373 g/mol. The summed E-state index contributed by atoms with van der Waals surface area (Å²) in [6.07, 6.45) is 0. The second-order valence-corrected chi connectivity index (χ2v) is 6.80. The molecule has 1 aliphatic heterocycles. The number of nitrogens with zero attached hydrogens (tertiary/aromatic N) is 2. The van der Waals surface area contributed by atoms with E-state index >= 15 is 0 Å². The number of halogens is 1. The van der Waals surface area contributed by atoms with Crippen molar-refractivity contribution in [1.82, 2.24) is 9.80 Å². The van der Waals surface area contributed by atoms with Crippen LogP contribution in [0.2, 0.25) is 5.02 Å². The molecule has 0 bridgehead atoms. The Balaban J connectivity index is 1.73. The number of carbonyl (C=O) groups is 2. The van der Waals surface area contributed by atoms with Gasteiger partial charge in [-0.25, -0.2) is 0 Å². The van der Waals surface area contributed by atoms with Crippen LogP contribution in [0, 0.1) is 0 Å². The van der Waals surface area contributed by atoms with E-state index in [0.29, 0.717) is 18.1 Å². The fourth-order valence-electron chi connectivity index (χ4n) is 3.03. The lowest BCUT2D eigenvalue weighted by atomic mass is 10.1. The highest BCUT2D eigenvalue weighted by Crippen LogP contribution is 2.17. The molecular formula is C20H21ClN2O3. The molecule has 2 aromatic carbocycles. The van der Waals surface area contributed by atoms with E-state index in [2.05, 4.69) is 0 Å². The molecule has 0 N–H and O–H groups in total. The van der Waals surface area contributed by atoms with Gasteiger partial charge in [-0.15, -0.1) is 0 Å². The van der Waals surface area contributed by atoms with Crippen molar-refractivity contribution in [2.45, 2.75) is 19.1 Å². The lowest BCUT2D eigenvalue weighted by Gasteiger charge is -2.36. The number of rotatable bonds is 5. The number of likely N-dealkylation sites (N-methyl/N-ethyl adjacent to an activating group) is 1. The maximum atomic E-state index is 13.0. The zero-order valence-corrected chi connectivity index (χ0v) is 15.4. The molecule has 0 spiro atoms. The molecule has 5 nitrogen and oxygen atoms in total. The number of morpholine rings is 1. The molecule has 2 aromatic rings. The highest BCUT2D eigenvalue weighted by molar-refractivity contribution is 6.30. The van der Waals surface area contributed by atoms with Crippen LogP contribution in [0.4, 0.5) is 0 Å². The van der Waals surface area contributed by atoms with Crippen molar-refractivity contribution >= 4 is 23.4 Å². The second kappa shape index (κ2) is 8.34. The van der Waals surface area contributed by atoms with Crippen molar-refractivity contribution in [3.63, 3.8) is 0 Å². The SMILES string of the molecule is CN(Cc1cccc(Cl)c1)C(=O)[C@H]1COCC(=O)N1Cc1ccccc1. The van der Waals surface area contributed by atoms with E-state index < -0.39 is 6.04 Å². The van der Waals surface area contributed by atoms with E-state index in [4.69, 9.17) is 16.3 Å². The largest absolute Gasteiger partial charge is 0.369 e. The first-order chi connectivity index (χ1) is 12.5. The minimum Gasteiger partial charge on any atom is -0.369 e. The fourth-order valence-corrected chi connectivity index (χ4v) is 3.24. The van der Waals surface area contributed by atoms with Gasteiger partial charge in [0.1, 0.15) is 12.6 Å². The van der Waals surface area contributed by atoms with Crippen LogP contribution in [0.15, 0.2) is 54.6 Å². The van der Waals surface area contributed by atoms with Gasteiger partial charge in [-0.3, -0.25) is 9.59 Å². The zero-order valence-electron chi connectivity index (χ0n) is 14.6. The third kappa shape index (κ3) is 4.42. The van der Waals surface area contributed by atoms with Gasteiger partial charge < -0.3 is 14.5 Å². The molecule has 0 unspecified atom stereocenters. The van der Waals surface area contributed by atoms with Gasteiger partial charge >= 0.3 is 0 Å². The van der Waals surface area contributed by atoms with Crippen LogP contribution in [0.3, 0.4) is 0 Å². The van der Waals surface area contributed by atoms with E-state index in [9.17, 15) is 9.59 Å². The van der Waals surface area contributed by atoms with Crippen LogP contribution < -0.4 is 0 Å². The van der Waals surface area contributed by atoms with Crippen molar-refractivity contribution in [2.24, 2.45) is 0 Å². The summed E-state index contributed by atoms with van der Waals surface area (Å²) in [4.78, 5) is 28.5. The summed E-state index contributed by atoms with van der Waals surface area (Å²) >= 11 is 6.01. The molecule has 1 aliphatic rings. The second-order valence-electron chi connectivity index (χ2n) is 6.36. The van der Waals surface area contributed by atoms with Gasteiger partial charge in [0.15, 0.2) is 0 Å². The Morgan fingerprint density at radius 1 is 1.19 bits per heavy atom. The summed E-state index contributed by atoms with van der Waals surface area (Å²) < 4.78 is 5.34. The Kier molecular flexibility index (Phi) is 5.91. The van der Waals surface area contributed by atoms with Gasteiger partial charge in [0, 0.05) is 25.2 Å². The Bertz CT molecular complexity index is 782. The quantitative estimate of drug-likeness (QED) is 0.810. The Hall–Kier alpha value is -2.37. The van der Waals surface area contributed by atoms with Crippen LogP contribution in [-0.4, -0.2) is 47.9 Å². The van der Waals surface area contributed by atoms with E-state index in [-0.39, 0.29) is 25.0 Å². The monoisotopic (exact) mass is 372 g/mol. The zero-order chi connectivity index (χ0) is 18.5.